The lowest BCUT2D eigenvalue weighted by atomic mass is 9.98. The fourth-order valence-electron chi connectivity index (χ4n) is 2.87. The van der Waals surface area contributed by atoms with Gasteiger partial charge in [0.15, 0.2) is 5.82 Å². The number of aromatic amines is 1. The molecule has 19 heavy (non-hydrogen) atoms. The van der Waals surface area contributed by atoms with Gasteiger partial charge < -0.3 is 5.73 Å². The monoisotopic (exact) mass is 258 g/mol. The van der Waals surface area contributed by atoms with Crippen LogP contribution in [0.25, 0.3) is 5.69 Å². The number of hydrogen-bond acceptors (Lipinski definition) is 3. The van der Waals surface area contributed by atoms with Gasteiger partial charge in [-0.05, 0) is 37.5 Å². The second kappa shape index (κ2) is 4.35. The minimum absolute atomic E-state index is 0.225. The molecule has 2 aromatic rings. The minimum Gasteiger partial charge on any atom is -0.319 e. The van der Waals surface area contributed by atoms with E-state index in [-0.39, 0.29) is 5.69 Å². The molecule has 1 fully saturated rings. The Kier molecular flexibility index (Phi) is 2.78. The molecule has 100 valence electrons. The third-order valence-electron chi connectivity index (χ3n) is 3.87. The van der Waals surface area contributed by atoms with E-state index in [4.69, 9.17) is 5.73 Å². The molecule has 1 aromatic carbocycles. The van der Waals surface area contributed by atoms with Crippen LogP contribution in [-0.2, 0) is 5.54 Å². The molecule has 1 aliphatic carbocycles. The lowest BCUT2D eigenvalue weighted by Gasteiger charge is -2.22. The van der Waals surface area contributed by atoms with Crippen LogP contribution in [-0.4, -0.2) is 14.8 Å². The molecule has 1 heterocycles. The van der Waals surface area contributed by atoms with E-state index in [0.29, 0.717) is 5.82 Å². The third-order valence-corrected chi connectivity index (χ3v) is 3.87. The summed E-state index contributed by atoms with van der Waals surface area (Å²) in [5.74, 6) is 0.653. The van der Waals surface area contributed by atoms with Gasteiger partial charge in [-0.2, -0.15) is 5.10 Å². The van der Waals surface area contributed by atoms with Crippen molar-refractivity contribution in [2.45, 2.75) is 38.1 Å². The zero-order valence-corrected chi connectivity index (χ0v) is 11.0. The van der Waals surface area contributed by atoms with Gasteiger partial charge in [0, 0.05) is 0 Å². The van der Waals surface area contributed by atoms with Crippen LogP contribution in [0.5, 0.6) is 0 Å². The van der Waals surface area contributed by atoms with Crippen LogP contribution in [0.4, 0.5) is 0 Å². The smallest absolute Gasteiger partial charge is 0.319 e. The number of aromatic nitrogens is 3. The predicted octanol–water partition coefficient (Wildman–Crippen LogP) is 1.60. The Labute approximate surface area is 111 Å². The van der Waals surface area contributed by atoms with E-state index in [1.165, 1.54) is 0 Å². The molecule has 0 amide bonds. The topological polar surface area (TPSA) is 76.7 Å². The summed E-state index contributed by atoms with van der Waals surface area (Å²) >= 11 is 0. The van der Waals surface area contributed by atoms with E-state index in [9.17, 15) is 4.79 Å². The number of aryl methyl sites for hydroxylation is 1. The molecule has 5 heteroatoms. The van der Waals surface area contributed by atoms with Crippen LogP contribution in [0.1, 0.15) is 37.1 Å². The first-order chi connectivity index (χ1) is 9.10. The second-order valence-corrected chi connectivity index (χ2v) is 5.39. The van der Waals surface area contributed by atoms with Crippen LogP contribution >= 0.6 is 0 Å². The fourth-order valence-corrected chi connectivity index (χ4v) is 2.87. The van der Waals surface area contributed by atoms with Gasteiger partial charge in [0.2, 0.25) is 0 Å². The lowest BCUT2D eigenvalue weighted by Crippen LogP contribution is -2.37. The summed E-state index contributed by atoms with van der Waals surface area (Å²) in [5.41, 5.74) is 7.65. The summed E-state index contributed by atoms with van der Waals surface area (Å²) in [6.07, 6.45) is 3.93. The summed E-state index contributed by atoms with van der Waals surface area (Å²) in [6, 6.07) is 7.82. The minimum atomic E-state index is -0.483. The summed E-state index contributed by atoms with van der Waals surface area (Å²) in [6.45, 7) is 2.00. The molecule has 0 atom stereocenters. The summed E-state index contributed by atoms with van der Waals surface area (Å²) in [7, 11) is 0. The number of hydrogen-bond donors (Lipinski definition) is 2. The predicted molar refractivity (Wildman–Crippen MR) is 73.3 cm³/mol. The molecule has 1 aromatic heterocycles. The first-order valence-corrected chi connectivity index (χ1v) is 6.64. The van der Waals surface area contributed by atoms with Crippen molar-refractivity contribution in [2.24, 2.45) is 5.73 Å². The highest BCUT2D eigenvalue weighted by atomic mass is 16.1. The first-order valence-electron chi connectivity index (χ1n) is 6.64. The van der Waals surface area contributed by atoms with Gasteiger partial charge in [-0.15, -0.1) is 0 Å². The number of nitrogens with two attached hydrogens (primary N) is 1. The fraction of sp³-hybridized carbons (Fsp3) is 0.429. The number of H-pyrrole nitrogens is 1. The average molecular weight is 258 g/mol. The SMILES string of the molecule is Cc1cccc(-n2c(C3(N)CCCC3)n[nH]c2=O)c1. The molecule has 5 nitrogen and oxygen atoms in total. The molecule has 0 saturated heterocycles. The summed E-state index contributed by atoms with van der Waals surface area (Å²) in [4.78, 5) is 12.0. The number of rotatable bonds is 2. The molecular weight excluding hydrogens is 240 g/mol. The van der Waals surface area contributed by atoms with Gasteiger partial charge in [-0.25, -0.2) is 14.5 Å². The van der Waals surface area contributed by atoms with Crippen molar-refractivity contribution in [3.05, 3.63) is 46.1 Å². The van der Waals surface area contributed by atoms with Crippen molar-refractivity contribution in [3.63, 3.8) is 0 Å². The van der Waals surface area contributed by atoms with Crippen molar-refractivity contribution < 1.29 is 0 Å². The van der Waals surface area contributed by atoms with Crippen molar-refractivity contribution in [2.75, 3.05) is 0 Å². The molecule has 0 spiro atoms. The molecule has 0 unspecified atom stereocenters. The molecule has 1 saturated carbocycles. The van der Waals surface area contributed by atoms with Crippen LogP contribution in [0.15, 0.2) is 29.1 Å². The van der Waals surface area contributed by atoms with E-state index in [0.717, 1.165) is 36.9 Å². The van der Waals surface area contributed by atoms with Gasteiger partial charge >= 0.3 is 5.69 Å². The second-order valence-electron chi connectivity index (χ2n) is 5.39. The lowest BCUT2D eigenvalue weighted by molar-refractivity contribution is 0.423. The van der Waals surface area contributed by atoms with E-state index in [2.05, 4.69) is 10.2 Å². The third kappa shape index (κ3) is 2.00. The Balaban J connectivity index is 2.16. The Morgan fingerprint density at radius 3 is 2.79 bits per heavy atom. The molecule has 3 rings (SSSR count). The zero-order valence-electron chi connectivity index (χ0n) is 11.0. The molecule has 0 aliphatic heterocycles. The molecule has 3 N–H and O–H groups in total. The van der Waals surface area contributed by atoms with Gasteiger partial charge in [0.1, 0.15) is 0 Å². The highest BCUT2D eigenvalue weighted by Gasteiger charge is 2.36. The van der Waals surface area contributed by atoms with Gasteiger partial charge in [-0.3, -0.25) is 0 Å². The van der Waals surface area contributed by atoms with Crippen LogP contribution < -0.4 is 11.4 Å². The standard InChI is InChI=1S/C14H18N4O/c1-10-5-4-6-11(9-10)18-12(16-17-13(18)19)14(15)7-2-3-8-14/h4-6,9H,2-3,7-8,15H2,1H3,(H,17,19). The van der Waals surface area contributed by atoms with E-state index < -0.39 is 5.54 Å². The van der Waals surface area contributed by atoms with Gasteiger partial charge in [0.25, 0.3) is 0 Å². The summed E-state index contributed by atoms with van der Waals surface area (Å²) in [5, 5.41) is 6.71. The maximum Gasteiger partial charge on any atom is 0.347 e. The van der Waals surface area contributed by atoms with Crippen LogP contribution in [0.2, 0.25) is 0 Å². The quantitative estimate of drug-likeness (QED) is 0.859. The van der Waals surface area contributed by atoms with Crippen molar-refractivity contribution in [3.8, 4) is 5.69 Å². The Bertz CT molecular complexity index is 649. The maximum absolute atomic E-state index is 12.0. The largest absolute Gasteiger partial charge is 0.347 e. The number of nitrogens with one attached hydrogen (secondary N) is 1. The van der Waals surface area contributed by atoms with Gasteiger partial charge in [-0.1, -0.05) is 25.0 Å². The Hall–Kier alpha value is -1.88. The summed E-state index contributed by atoms with van der Waals surface area (Å²) < 4.78 is 1.61. The van der Waals surface area contributed by atoms with Crippen LogP contribution in [0.3, 0.4) is 0 Å². The van der Waals surface area contributed by atoms with E-state index >= 15 is 0 Å². The van der Waals surface area contributed by atoms with Gasteiger partial charge in [0.05, 0.1) is 11.2 Å². The maximum atomic E-state index is 12.0. The average Bonchev–Trinajstić information content (AvgIpc) is 2.97. The molecular formula is C14H18N4O. The number of benzene rings is 1. The van der Waals surface area contributed by atoms with Crippen LogP contribution in [0, 0.1) is 6.92 Å². The van der Waals surface area contributed by atoms with Crippen molar-refractivity contribution in [1.82, 2.24) is 14.8 Å². The van der Waals surface area contributed by atoms with Crippen molar-refractivity contribution >= 4 is 0 Å². The zero-order chi connectivity index (χ0) is 13.5. The molecule has 0 radical (unpaired) electrons. The highest BCUT2D eigenvalue weighted by Crippen LogP contribution is 2.35. The Morgan fingerprint density at radius 1 is 1.37 bits per heavy atom. The van der Waals surface area contributed by atoms with E-state index in [1.54, 1.807) is 4.57 Å². The highest BCUT2D eigenvalue weighted by molar-refractivity contribution is 5.37. The molecule has 1 aliphatic rings. The van der Waals surface area contributed by atoms with E-state index in [1.807, 2.05) is 31.2 Å². The number of nitrogens with zero attached hydrogens (tertiary/aromatic N) is 2. The Morgan fingerprint density at radius 2 is 2.11 bits per heavy atom. The normalized spacial score (nSPS) is 17.8. The van der Waals surface area contributed by atoms with Crippen molar-refractivity contribution in [1.29, 1.82) is 0 Å². The first kappa shape index (κ1) is 12.2. The molecule has 0 bridgehead atoms.